The van der Waals surface area contributed by atoms with Gasteiger partial charge in [0.05, 0.1) is 24.8 Å². The number of hydrogen-bond acceptors (Lipinski definition) is 8. The number of benzene rings is 2. The number of hydrogen-bond donors (Lipinski definition) is 5. The fourth-order valence-corrected chi connectivity index (χ4v) is 3.66. The number of rotatable bonds is 9. The molecule has 0 atom stereocenters. The van der Waals surface area contributed by atoms with Crippen molar-refractivity contribution in [2.24, 2.45) is 0 Å². The third-order valence-corrected chi connectivity index (χ3v) is 5.32. The predicted molar refractivity (Wildman–Crippen MR) is 130 cm³/mol. The molecule has 0 saturated carbocycles. The Morgan fingerprint density at radius 2 is 1.71 bits per heavy atom. The third kappa shape index (κ3) is 4.90. The quantitative estimate of drug-likeness (QED) is 0.190. The topological polar surface area (TPSA) is 129 Å². The van der Waals surface area contributed by atoms with Crippen LogP contribution in [-0.2, 0) is 6.54 Å². The Morgan fingerprint density at radius 1 is 1.00 bits per heavy atom. The minimum atomic E-state index is -0.697. The van der Waals surface area contributed by atoms with Gasteiger partial charge in [0.2, 0.25) is 0 Å². The molecule has 0 radical (unpaired) electrons. The van der Waals surface area contributed by atoms with Crippen LogP contribution in [0.1, 0.15) is 15.9 Å². The molecule has 0 bridgehead atoms. The van der Waals surface area contributed by atoms with Crippen molar-refractivity contribution in [2.45, 2.75) is 6.54 Å². The largest absolute Gasteiger partial charge is 0.494 e. The minimum Gasteiger partial charge on any atom is -0.494 e. The second kappa shape index (κ2) is 10.6. The van der Waals surface area contributed by atoms with Gasteiger partial charge in [-0.25, -0.2) is 10.5 Å². The van der Waals surface area contributed by atoms with Crippen molar-refractivity contribution >= 4 is 28.2 Å². The third-order valence-electron chi connectivity index (χ3n) is 5.32. The maximum Gasteiger partial charge on any atom is 0.279 e. The van der Waals surface area contributed by atoms with E-state index >= 15 is 0 Å². The van der Waals surface area contributed by atoms with Gasteiger partial charge in [0.25, 0.3) is 5.91 Å². The van der Waals surface area contributed by atoms with E-state index in [2.05, 4.69) is 20.6 Å². The van der Waals surface area contributed by atoms with E-state index in [-0.39, 0.29) is 17.9 Å². The van der Waals surface area contributed by atoms with Crippen LogP contribution in [0.2, 0.25) is 0 Å². The number of ether oxygens (including phenoxy) is 1. The van der Waals surface area contributed by atoms with E-state index in [4.69, 9.17) is 9.84 Å². The molecule has 2 heterocycles. The fraction of sp³-hybridized carbons (Fsp3) is 0.160. The smallest absolute Gasteiger partial charge is 0.279 e. The van der Waals surface area contributed by atoms with E-state index in [0.29, 0.717) is 29.7 Å². The summed E-state index contributed by atoms with van der Waals surface area (Å²) in [6.07, 6.45) is 3.11. The molecule has 1 amide bonds. The summed E-state index contributed by atoms with van der Waals surface area (Å²) >= 11 is 0. The van der Waals surface area contributed by atoms with Crippen molar-refractivity contribution < 1.29 is 19.8 Å². The molecular formula is C25H25N5O4. The van der Waals surface area contributed by atoms with Crippen LogP contribution in [0.15, 0.2) is 67.0 Å². The molecule has 0 unspecified atom stereocenters. The highest BCUT2D eigenvalue weighted by atomic mass is 16.5. The van der Waals surface area contributed by atoms with Crippen LogP contribution in [0.5, 0.6) is 5.75 Å². The molecule has 0 aliphatic rings. The lowest BCUT2D eigenvalue weighted by molar-refractivity contribution is 0.0705. The Balaban J connectivity index is 1.57. The first-order valence-corrected chi connectivity index (χ1v) is 10.7. The Kier molecular flexibility index (Phi) is 7.16. The number of aromatic nitrogens is 2. The number of nitrogens with one attached hydrogen (secondary N) is 3. The molecule has 2 aromatic carbocycles. The number of aliphatic hydroxyl groups excluding tert-OH is 1. The van der Waals surface area contributed by atoms with Crippen molar-refractivity contribution in [3.8, 4) is 17.0 Å². The molecule has 34 heavy (non-hydrogen) atoms. The highest BCUT2D eigenvalue weighted by Gasteiger charge is 2.22. The maximum atomic E-state index is 12.4. The number of hydroxylamine groups is 1. The summed E-state index contributed by atoms with van der Waals surface area (Å²) in [5.41, 5.74) is 6.66. The van der Waals surface area contributed by atoms with Crippen molar-refractivity contribution in [1.29, 1.82) is 0 Å². The van der Waals surface area contributed by atoms with Crippen LogP contribution in [0.4, 0.5) is 11.4 Å². The zero-order chi connectivity index (χ0) is 23.9. The summed E-state index contributed by atoms with van der Waals surface area (Å²) in [5.74, 6) is -0.440. The van der Waals surface area contributed by atoms with E-state index in [9.17, 15) is 10.0 Å². The van der Waals surface area contributed by atoms with Crippen molar-refractivity contribution in [2.75, 3.05) is 30.9 Å². The van der Waals surface area contributed by atoms with Gasteiger partial charge in [-0.3, -0.25) is 15.0 Å². The molecule has 0 fully saturated rings. The SMILES string of the molecule is COc1c(-c2ccc(CNc3ccc(NCCO)cc3)cc2)nc2ccncc2c1C(=O)NO. The van der Waals surface area contributed by atoms with Gasteiger partial charge in [-0.2, -0.15) is 0 Å². The lowest BCUT2D eigenvalue weighted by atomic mass is 10.0. The zero-order valence-electron chi connectivity index (χ0n) is 18.6. The van der Waals surface area contributed by atoms with Gasteiger partial charge in [-0.1, -0.05) is 24.3 Å². The average molecular weight is 460 g/mol. The van der Waals surface area contributed by atoms with Gasteiger partial charge >= 0.3 is 0 Å². The van der Waals surface area contributed by atoms with Crippen LogP contribution in [-0.4, -0.2) is 46.5 Å². The lowest BCUT2D eigenvalue weighted by Crippen LogP contribution is -2.20. The first-order chi connectivity index (χ1) is 16.6. The van der Waals surface area contributed by atoms with Crippen LogP contribution >= 0.6 is 0 Å². The lowest BCUT2D eigenvalue weighted by Gasteiger charge is -2.15. The number of nitrogens with zero attached hydrogens (tertiary/aromatic N) is 2. The van der Waals surface area contributed by atoms with Crippen LogP contribution in [0.3, 0.4) is 0 Å². The van der Waals surface area contributed by atoms with E-state index < -0.39 is 5.91 Å². The summed E-state index contributed by atoms with van der Waals surface area (Å²) < 4.78 is 5.54. The molecule has 0 saturated heterocycles. The number of aliphatic hydroxyl groups is 1. The first kappa shape index (κ1) is 23.0. The molecule has 9 heteroatoms. The van der Waals surface area contributed by atoms with Gasteiger partial charge in [0.1, 0.15) is 5.69 Å². The highest BCUT2D eigenvalue weighted by molar-refractivity contribution is 6.09. The van der Waals surface area contributed by atoms with Crippen LogP contribution < -0.4 is 20.9 Å². The van der Waals surface area contributed by atoms with E-state index in [1.807, 2.05) is 48.5 Å². The van der Waals surface area contributed by atoms with Crippen molar-refractivity contribution in [3.05, 3.63) is 78.1 Å². The molecular weight excluding hydrogens is 434 g/mol. The molecule has 5 N–H and O–H groups in total. The van der Waals surface area contributed by atoms with E-state index in [1.165, 1.54) is 13.3 Å². The molecule has 0 aliphatic carbocycles. The van der Waals surface area contributed by atoms with Gasteiger partial charge < -0.3 is 20.5 Å². The fourth-order valence-electron chi connectivity index (χ4n) is 3.66. The molecule has 4 rings (SSSR count). The monoisotopic (exact) mass is 459 g/mol. The van der Waals surface area contributed by atoms with Crippen LogP contribution in [0.25, 0.3) is 22.2 Å². The molecule has 4 aromatic rings. The van der Waals surface area contributed by atoms with Crippen molar-refractivity contribution in [3.63, 3.8) is 0 Å². The highest BCUT2D eigenvalue weighted by Crippen LogP contribution is 2.36. The summed E-state index contributed by atoms with van der Waals surface area (Å²) in [6.45, 7) is 1.22. The number of methoxy groups -OCH3 is 1. The molecule has 2 aromatic heterocycles. The number of carbonyl (C=O) groups excluding carboxylic acids is 1. The molecule has 0 spiro atoms. The number of carbonyl (C=O) groups is 1. The Bertz CT molecular complexity index is 1280. The molecule has 9 nitrogen and oxygen atoms in total. The second-order valence-corrected chi connectivity index (χ2v) is 7.48. The maximum absolute atomic E-state index is 12.4. The number of anilines is 2. The predicted octanol–water partition coefficient (Wildman–Crippen LogP) is 3.44. The zero-order valence-corrected chi connectivity index (χ0v) is 18.6. The normalized spacial score (nSPS) is 10.7. The Hall–Kier alpha value is -4.21. The van der Waals surface area contributed by atoms with Gasteiger partial charge in [-0.15, -0.1) is 0 Å². The second-order valence-electron chi connectivity index (χ2n) is 7.48. The number of pyridine rings is 2. The van der Waals surface area contributed by atoms with E-state index in [0.717, 1.165) is 22.5 Å². The standard InChI is InChI=1S/C25H25N5O4/c1-34-24-22(25(32)30-33)20-15-26-11-10-21(20)29-23(24)17-4-2-16(3-5-17)14-28-19-8-6-18(7-9-19)27-12-13-31/h2-11,15,27-28,31,33H,12-14H2,1H3,(H,30,32). The van der Waals surface area contributed by atoms with Crippen LogP contribution in [0, 0.1) is 0 Å². The van der Waals surface area contributed by atoms with Gasteiger partial charge in [0, 0.05) is 47.8 Å². The average Bonchev–Trinajstić information content (AvgIpc) is 2.90. The van der Waals surface area contributed by atoms with Gasteiger partial charge in [-0.05, 0) is 35.9 Å². The summed E-state index contributed by atoms with van der Waals surface area (Å²) in [7, 11) is 1.46. The Labute approximate surface area is 196 Å². The molecule has 174 valence electrons. The number of amides is 1. The van der Waals surface area contributed by atoms with Crippen molar-refractivity contribution in [1.82, 2.24) is 15.4 Å². The summed E-state index contributed by atoms with van der Waals surface area (Å²) in [6, 6.07) is 17.3. The van der Waals surface area contributed by atoms with Gasteiger partial charge in [0.15, 0.2) is 5.75 Å². The first-order valence-electron chi connectivity index (χ1n) is 10.7. The Morgan fingerprint density at radius 3 is 2.35 bits per heavy atom. The van der Waals surface area contributed by atoms with E-state index in [1.54, 1.807) is 17.7 Å². The number of fused-ring (bicyclic) bond motifs is 1. The summed E-state index contributed by atoms with van der Waals surface area (Å²) in [5, 5.41) is 25.1. The molecule has 0 aliphatic heterocycles. The minimum absolute atomic E-state index is 0.0871. The summed E-state index contributed by atoms with van der Waals surface area (Å²) in [4.78, 5) is 21.2.